The highest BCUT2D eigenvalue weighted by Crippen LogP contribution is 2.45. The quantitative estimate of drug-likeness (QED) is 0.865. The first-order valence-electron chi connectivity index (χ1n) is 7.87. The van der Waals surface area contributed by atoms with Crippen LogP contribution < -0.4 is 5.73 Å². The average Bonchev–Trinajstić information content (AvgIpc) is 3.17. The lowest BCUT2D eigenvalue weighted by Gasteiger charge is -2.29. The molecule has 0 aromatic carbocycles. The van der Waals surface area contributed by atoms with Gasteiger partial charge in [-0.1, -0.05) is 37.3 Å². The Balaban J connectivity index is 1.99. The molecule has 4 rings (SSSR count). The van der Waals surface area contributed by atoms with E-state index < -0.39 is 0 Å². The molecule has 2 aliphatic carbocycles. The van der Waals surface area contributed by atoms with Gasteiger partial charge in [-0.3, -0.25) is 0 Å². The Morgan fingerprint density at radius 2 is 1.90 bits per heavy atom. The molecule has 2 aromatic heterocycles. The first kappa shape index (κ1) is 13.5. The summed E-state index contributed by atoms with van der Waals surface area (Å²) in [4.78, 5) is 8.65. The number of halogens is 1. The molecule has 0 spiro atoms. The third kappa shape index (κ3) is 2.06. The largest absolute Gasteiger partial charge is 0.320 e. The highest BCUT2D eigenvalue weighted by molar-refractivity contribution is 6.30. The SMILES string of the molecule is NC1(c2c(C3CCCC3)c(Cl)nc3ncnn23)CCCC1. The molecule has 2 aliphatic rings. The van der Waals surface area contributed by atoms with Gasteiger partial charge in [0.2, 0.25) is 0 Å². The minimum atomic E-state index is -0.337. The molecule has 5 nitrogen and oxygen atoms in total. The summed E-state index contributed by atoms with van der Waals surface area (Å²) >= 11 is 6.54. The summed E-state index contributed by atoms with van der Waals surface area (Å²) in [6, 6.07) is 0. The Kier molecular flexibility index (Phi) is 3.15. The van der Waals surface area contributed by atoms with Gasteiger partial charge in [-0.15, -0.1) is 0 Å². The molecule has 0 aliphatic heterocycles. The zero-order valence-electron chi connectivity index (χ0n) is 12.1. The molecule has 2 heterocycles. The van der Waals surface area contributed by atoms with Crippen molar-refractivity contribution >= 4 is 17.4 Å². The van der Waals surface area contributed by atoms with E-state index in [1.807, 2.05) is 4.52 Å². The van der Waals surface area contributed by atoms with E-state index in [1.54, 1.807) is 6.33 Å². The van der Waals surface area contributed by atoms with Gasteiger partial charge < -0.3 is 5.73 Å². The van der Waals surface area contributed by atoms with Crippen LogP contribution >= 0.6 is 11.6 Å². The topological polar surface area (TPSA) is 69.1 Å². The van der Waals surface area contributed by atoms with Crippen LogP contribution in [-0.4, -0.2) is 19.6 Å². The third-order valence-corrected chi connectivity index (χ3v) is 5.44. The van der Waals surface area contributed by atoms with Crippen molar-refractivity contribution in [3.8, 4) is 0 Å². The summed E-state index contributed by atoms with van der Waals surface area (Å²) in [5, 5.41) is 4.96. The minimum Gasteiger partial charge on any atom is -0.320 e. The average molecular weight is 306 g/mol. The number of hydrogen-bond donors (Lipinski definition) is 1. The monoisotopic (exact) mass is 305 g/mol. The smallest absolute Gasteiger partial charge is 0.253 e. The molecule has 112 valence electrons. The Morgan fingerprint density at radius 1 is 1.19 bits per heavy atom. The minimum absolute atomic E-state index is 0.337. The van der Waals surface area contributed by atoms with E-state index in [0.717, 1.165) is 36.9 Å². The van der Waals surface area contributed by atoms with Gasteiger partial charge in [0.15, 0.2) is 0 Å². The van der Waals surface area contributed by atoms with Crippen LogP contribution in [0.25, 0.3) is 5.78 Å². The van der Waals surface area contributed by atoms with E-state index >= 15 is 0 Å². The van der Waals surface area contributed by atoms with Crippen LogP contribution in [0, 0.1) is 0 Å². The molecule has 6 heteroatoms. The molecule has 2 fully saturated rings. The second kappa shape index (κ2) is 4.92. The zero-order valence-corrected chi connectivity index (χ0v) is 12.8. The molecule has 0 atom stereocenters. The van der Waals surface area contributed by atoms with Crippen molar-refractivity contribution in [2.75, 3.05) is 0 Å². The molecular formula is C15H20ClN5. The molecule has 2 saturated carbocycles. The highest BCUT2D eigenvalue weighted by atomic mass is 35.5. The van der Waals surface area contributed by atoms with E-state index in [1.165, 1.54) is 25.7 Å². The predicted molar refractivity (Wildman–Crippen MR) is 81.3 cm³/mol. The number of rotatable bonds is 2. The van der Waals surface area contributed by atoms with Gasteiger partial charge in [0.25, 0.3) is 5.78 Å². The van der Waals surface area contributed by atoms with Crippen molar-refractivity contribution in [1.29, 1.82) is 0 Å². The molecule has 0 amide bonds. The van der Waals surface area contributed by atoms with Crippen LogP contribution in [0.5, 0.6) is 0 Å². The molecule has 0 saturated heterocycles. The van der Waals surface area contributed by atoms with Crippen molar-refractivity contribution in [2.24, 2.45) is 5.73 Å². The first-order valence-corrected chi connectivity index (χ1v) is 8.25. The van der Waals surface area contributed by atoms with Crippen LogP contribution in [0.2, 0.25) is 5.15 Å². The van der Waals surface area contributed by atoms with Gasteiger partial charge in [0.1, 0.15) is 11.5 Å². The lowest BCUT2D eigenvalue weighted by molar-refractivity contribution is 0.424. The Hall–Kier alpha value is -1.20. The van der Waals surface area contributed by atoms with E-state index in [2.05, 4.69) is 15.1 Å². The van der Waals surface area contributed by atoms with Crippen molar-refractivity contribution in [3.05, 3.63) is 22.7 Å². The zero-order chi connectivity index (χ0) is 14.4. The van der Waals surface area contributed by atoms with Crippen LogP contribution in [0.15, 0.2) is 6.33 Å². The van der Waals surface area contributed by atoms with Gasteiger partial charge in [0.05, 0.1) is 11.2 Å². The molecule has 2 N–H and O–H groups in total. The second-order valence-electron chi connectivity index (χ2n) is 6.48. The molecule has 2 aromatic rings. The van der Waals surface area contributed by atoms with Gasteiger partial charge in [0, 0.05) is 5.56 Å². The molecule has 0 radical (unpaired) electrons. The second-order valence-corrected chi connectivity index (χ2v) is 6.84. The summed E-state index contributed by atoms with van der Waals surface area (Å²) in [5.41, 5.74) is 8.64. The number of hydrogen-bond acceptors (Lipinski definition) is 4. The maximum absolute atomic E-state index is 6.77. The standard InChI is InChI=1S/C15H20ClN5/c16-13-11(10-5-1-2-6-10)12(15(17)7-3-4-8-15)21-14(20-13)18-9-19-21/h9-10H,1-8,17H2. The number of nitrogens with two attached hydrogens (primary N) is 1. The lowest BCUT2D eigenvalue weighted by atomic mass is 9.85. The number of nitrogens with zero attached hydrogens (tertiary/aromatic N) is 4. The van der Waals surface area contributed by atoms with E-state index in [-0.39, 0.29) is 5.54 Å². The van der Waals surface area contributed by atoms with Crippen LogP contribution in [0.3, 0.4) is 0 Å². The van der Waals surface area contributed by atoms with Gasteiger partial charge >= 0.3 is 0 Å². The first-order chi connectivity index (χ1) is 10.2. The summed E-state index contributed by atoms with van der Waals surface area (Å²) in [7, 11) is 0. The van der Waals surface area contributed by atoms with Crippen LogP contribution in [0.1, 0.15) is 68.5 Å². The summed E-state index contributed by atoms with van der Waals surface area (Å²) < 4.78 is 1.84. The fourth-order valence-electron chi connectivity index (χ4n) is 4.13. The Morgan fingerprint density at radius 3 is 2.62 bits per heavy atom. The predicted octanol–water partition coefficient (Wildman–Crippen LogP) is 3.16. The summed E-state index contributed by atoms with van der Waals surface area (Å²) in [6.07, 6.45) is 10.7. The fraction of sp³-hybridized carbons (Fsp3) is 0.667. The van der Waals surface area contributed by atoms with Crippen molar-refractivity contribution in [1.82, 2.24) is 19.6 Å². The fourth-order valence-corrected chi connectivity index (χ4v) is 4.45. The maximum atomic E-state index is 6.77. The van der Waals surface area contributed by atoms with Crippen molar-refractivity contribution < 1.29 is 0 Å². The van der Waals surface area contributed by atoms with E-state index in [9.17, 15) is 0 Å². The van der Waals surface area contributed by atoms with Gasteiger partial charge in [-0.2, -0.15) is 19.6 Å². The molecular weight excluding hydrogens is 286 g/mol. The summed E-state index contributed by atoms with van der Waals surface area (Å²) in [5.74, 6) is 1.03. The van der Waals surface area contributed by atoms with Crippen molar-refractivity contribution in [3.63, 3.8) is 0 Å². The third-order valence-electron chi connectivity index (χ3n) is 5.15. The van der Waals surface area contributed by atoms with Crippen molar-refractivity contribution in [2.45, 2.75) is 62.8 Å². The number of fused-ring (bicyclic) bond motifs is 1. The normalized spacial score (nSPS) is 22.4. The highest BCUT2D eigenvalue weighted by Gasteiger charge is 2.39. The molecule has 21 heavy (non-hydrogen) atoms. The Labute approximate surface area is 128 Å². The van der Waals surface area contributed by atoms with Crippen LogP contribution in [-0.2, 0) is 5.54 Å². The summed E-state index contributed by atoms with van der Waals surface area (Å²) in [6.45, 7) is 0. The molecule has 0 bridgehead atoms. The van der Waals surface area contributed by atoms with Crippen LogP contribution in [0.4, 0.5) is 0 Å². The van der Waals surface area contributed by atoms with E-state index in [4.69, 9.17) is 17.3 Å². The maximum Gasteiger partial charge on any atom is 0.253 e. The number of aromatic nitrogens is 4. The Bertz CT molecular complexity index is 668. The van der Waals surface area contributed by atoms with Gasteiger partial charge in [-0.05, 0) is 31.6 Å². The van der Waals surface area contributed by atoms with E-state index in [0.29, 0.717) is 16.8 Å². The molecule has 0 unspecified atom stereocenters. The van der Waals surface area contributed by atoms with Gasteiger partial charge in [-0.25, -0.2) is 0 Å². The lowest BCUT2D eigenvalue weighted by Crippen LogP contribution is -2.37.